The molecule has 3 heterocycles. The van der Waals surface area contributed by atoms with Crippen LogP contribution in [0.1, 0.15) is 28.9 Å². The van der Waals surface area contributed by atoms with E-state index in [9.17, 15) is 4.79 Å². The minimum atomic E-state index is -0.125. The number of nitrogens with zero attached hydrogens (tertiary/aromatic N) is 3. The Morgan fingerprint density at radius 2 is 2.00 bits per heavy atom. The fraction of sp³-hybridized carbons (Fsp3) is 0.316. The number of piperidine rings is 1. The number of para-hydroxylation sites is 1. The molecule has 27 heavy (non-hydrogen) atoms. The van der Waals surface area contributed by atoms with Gasteiger partial charge in [0.05, 0.1) is 16.0 Å². The number of amides is 1. The van der Waals surface area contributed by atoms with Gasteiger partial charge in [-0.15, -0.1) is 11.3 Å². The molecule has 1 fully saturated rings. The van der Waals surface area contributed by atoms with Gasteiger partial charge in [-0.2, -0.15) is 0 Å². The van der Waals surface area contributed by atoms with Crippen molar-refractivity contribution in [1.82, 2.24) is 9.97 Å². The lowest BCUT2D eigenvalue weighted by atomic mass is 10.1. The normalized spacial score (nSPS) is 14.5. The Balaban J connectivity index is 1.70. The van der Waals surface area contributed by atoms with Gasteiger partial charge in [-0.3, -0.25) is 4.79 Å². The molecular weight excluding hydrogens is 444 g/mol. The summed E-state index contributed by atoms with van der Waals surface area (Å²) in [6.07, 6.45) is 5.61. The van der Waals surface area contributed by atoms with E-state index < -0.39 is 0 Å². The van der Waals surface area contributed by atoms with Gasteiger partial charge < -0.3 is 10.2 Å². The molecule has 0 aliphatic carbocycles. The van der Waals surface area contributed by atoms with Crippen LogP contribution in [0.5, 0.6) is 0 Å². The second kappa shape index (κ2) is 8.16. The topological polar surface area (TPSA) is 58.1 Å². The van der Waals surface area contributed by atoms with Crippen molar-refractivity contribution in [2.45, 2.75) is 24.4 Å². The highest BCUT2D eigenvalue weighted by Gasteiger charge is 2.21. The largest absolute Gasteiger partial charge is 0.356 e. The fourth-order valence-corrected chi connectivity index (χ4v) is 4.91. The molecule has 3 aromatic rings. The smallest absolute Gasteiger partial charge is 0.265 e. The lowest BCUT2D eigenvalue weighted by Gasteiger charge is -2.28. The van der Waals surface area contributed by atoms with Crippen molar-refractivity contribution in [3.05, 3.63) is 39.7 Å². The molecule has 1 aliphatic rings. The first-order valence-corrected chi connectivity index (χ1v) is 11.7. The third-order valence-electron chi connectivity index (χ3n) is 4.54. The fourth-order valence-electron chi connectivity index (χ4n) is 3.18. The first-order chi connectivity index (χ1) is 13.2. The van der Waals surface area contributed by atoms with E-state index in [2.05, 4.69) is 31.1 Å². The lowest BCUT2D eigenvalue weighted by Crippen LogP contribution is -2.30. The number of halogens is 1. The Hall–Kier alpha value is -1.64. The van der Waals surface area contributed by atoms with Crippen LogP contribution in [0, 0.1) is 0 Å². The number of anilines is 2. The Bertz CT molecular complexity index is 985. The second-order valence-electron chi connectivity index (χ2n) is 6.35. The summed E-state index contributed by atoms with van der Waals surface area (Å²) >= 11 is 6.43. The van der Waals surface area contributed by atoms with Crippen molar-refractivity contribution in [3.8, 4) is 0 Å². The predicted octanol–water partition coefficient (Wildman–Crippen LogP) is 5.42. The molecule has 0 bridgehead atoms. The number of rotatable bonds is 4. The molecule has 0 spiro atoms. The summed E-state index contributed by atoms with van der Waals surface area (Å²) < 4.78 is 0.859. The van der Waals surface area contributed by atoms with Crippen molar-refractivity contribution in [1.29, 1.82) is 0 Å². The Kier molecular flexibility index (Phi) is 5.66. The summed E-state index contributed by atoms with van der Waals surface area (Å²) in [5.41, 5.74) is 0.757. The van der Waals surface area contributed by atoms with Gasteiger partial charge in [-0.25, -0.2) is 9.97 Å². The van der Waals surface area contributed by atoms with Crippen molar-refractivity contribution in [3.63, 3.8) is 0 Å². The molecule has 1 N–H and O–H groups in total. The number of aromatic nitrogens is 2. The van der Waals surface area contributed by atoms with Crippen LogP contribution in [0.15, 0.2) is 40.0 Å². The number of thioether (sulfide) groups is 1. The van der Waals surface area contributed by atoms with Crippen LogP contribution in [0.4, 0.5) is 11.5 Å². The van der Waals surface area contributed by atoms with E-state index in [1.807, 2.05) is 36.6 Å². The van der Waals surface area contributed by atoms with Gasteiger partial charge >= 0.3 is 0 Å². The molecule has 1 saturated heterocycles. The van der Waals surface area contributed by atoms with E-state index in [1.165, 1.54) is 42.4 Å². The predicted molar refractivity (Wildman–Crippen MR) is 117 cm³/mol. The van der Waals surface area contributed by atoms with Crippen LogP contribution in [0.2, 0.25) is 0 Å². The number of hydrogen-bond donors (Lipinski definition) is 1. The van der Waals surface area contributed by atoms with E-state index in [-0.39, 0.29) is 5.91 Å². The zero-order valence-corrected chi connectivity index (χ0v) is 18.1. The molecule has 0 unspecified atom stereocenters. The molecule has 1 aromatic carbocycles. The van der Waals surface area contributed by atoms with E-state index >= 15 is 0 Å². The van der Waals surface area contributed by atoms with Crippen molar-refractivity contribution in [2.24, 2.45) is 0 Å². The lowest BCUT2D eigenvalue weighted by molar-refractivity contribution is 0.103. The van der Waals surface area contributed by atoms with Gasteiger partial charge in [0.1, 0.15) is 10.6 Å². The highest BCUT2D eigenvalue weighted by atomic mass is 79.9. The summed E-state index contributed by atoms with van der Waals surface area (Å²) in [6.45, 7) is 2.02. The first kappa shape index (κ1) is 18.7. The van der Waals surface area contributed by atoms with Crippen LogP contribution < -0.4 is 10.2 Å². The molecular formula is C19H19BrN4OS2. The maximum Gasteiger partial charge on any atom is 0.265 e. The second-order valence-corrected chi connectivity index (χ2v) is 9.00. The molecule has 8 heteroatoms. The molecule has 0 atom stereocenters. The number of benzene rings is 1. The van der Waals surface area contributed by atoms with Crippen LogP contribution >= 0.6 is 39.0 Å². The monoisotopic (exact) mass is 462 g/mol. The molecule has 5 nitrogen and oxygen atoms in total. The maximum atomic E-state index is 12.8. The van der Waals surface area contributed by atoms with Crippen LogP contribution in [0.3, 0.4) is 0 Å². The number of nitrogens with one attached hydrogen (secondary N) is 1. The molecule has 1 amide bonds. The van der Waals surface area contributed by atoms with Crippen LogP contribution in [0.25, 0.3) is 10.2 Å². The molecule has 2 aromatic heterocycles. The van der Waals surface area contributed by atoms with E-state index in [4.69, 9.17) is 4.98 Å². The molecule has 0 saturated carbocycles. The van der Waals surface area contributed by atoms with Gasteiger partial charge in [0.15, 0.2) is 5.16 Å². The summed E-state index contributed by atoms with van der Waals surface area (Å²) in [6, 6.07) is 9.53. The number of fused-ring (bicyclic) bond motifs is 1. The third kappa shape index (κ3) is 3.97. The number of hydrogen-bond acceptors (Lipinski definition) is 6. The van der Waals surface area contributed by atoms with Crippen LogP contribution in [-0.2, 0) is 0 Å². The standard InChI is InChI=1S/C19H19BrN4OS2/c1-26-19-22-16(24-9-5-2-6-10-24)12-11-15(27-18(12)23-19)17(25)21-14-8-4-3-7-13(14)20/h3-4,7-8,11H,2,5-6,9-10H2,1H3,(H,21,25). The minimum absolute atomic E-state index is 0.125. The van der Waals surface area contributed by atoms with Gasteiger partial charge in [-0.05, 0) is 59.6 Å². The summed E-state index contributed by atoms with van der Waals surface area (Å²) in [5, 5.41) is 4.69. The van der Waals surface area contributed by atoms with Crippen molar-refractivity contribution >= 4 is 66.7 Å². The zero-order chi connectivity index (χ0) is 18.8. The molecule has 0 radical (unpaired) electrons. The average Bonchev–Trinajstić information content (AvgIpc) is 3.14. The molecule has 1 aliphatic heterocycles. The van der Waals surface area contributed by atoms with E-state index in [0.717, 1.165) is 44.4 Å². The Labute approximate surface area is 174 Å². The number of carbonyl (C=O) groups is 1. The van der Waals surface area contributed by atoms with Crippen LogP contribution in [-0.4, -0.2) is 35.2 Å². The van der Waals surface area contributed by atoms with E-state index in [1.54, 1.807) is 0 Å². The minimum Gasteiger partial charge on any atom is -0.356 e. The number of thiophene rings is 1. The van der Waals surface area contributed by atoms with Gasteiger partial charge in [0, 0.05) is 17.6 Å². The molecule has 4 rings (SSSR count). The van der Waals surface area contributed by atoms with Gasteiger partial charge in [-0.1, -0.05) is 23.9 Å². The summed E-state index contributed by atoms with van der Waals surface area (Å²) in [7, 11) is 0. The molecule has 140 valence electrons. The highest BCUT2D eigenvalue weighted by molar-refractivity contribution is 9.10. The first-order valence-electron chi connectivity index (χ1n) is 8.82. The Morgan fingerprint density at radius 1 is 1.22 bits per heavy atom. The van der Waals surface area contributed by atoms with Crippen molar-refractivity contribution in [2.75, 3.05) is 29.6 Å². The zero-order valence-electron chi connectivity index (χ0n) is 14.9. The van der Waals surface area contributed by atoms with Gasteiger partial charge in [0.25, 0.3) is 5.91 Å². The maximum absolute atomic E-state index is 12.8. The Morgan fingerprint density at radius 3 is 2.74 bits per heavy atom. The highest BCUT2D eigenvalue weighted by Crippen LogP contribution is 2.34. The SMILES string of the molecule is CSc1nc(N2CCCCC2)c2cc(C(=O)Nc3ccccc3Br)sc2n1. The van der Waals surface area contributed by atoms with E-state index in [0.29, 0.717) is 4.88 Å². The quantitative estimate of drug-likeness (QED) is 0.414. The summed E-state index contributed by atoms with van der Waals surface area (Å²) in [5.74, 6) is 0.834. The third-order valence-corrected chi connectivity index (χ3v) is 6.80. The summed E-state index contributed by atoms with van der Waals surface area (Å²) in [4.78, 5) is 26.0. The van der Waals surface area contributed by atoms with Gasteiger partial charge in [0.2, 0.25) is 0 Å². The number of carbonyl (C=O) groups excluding carboxylic acids is 1. The van der Waals surface area contributed by atoms with Crippen molar-refractivity contribution < 1.29 is 4.79 Å². The average molecular weight is 463 g/mol.